The second kappa shape index (κ2) is 10.1. The zero-order chi connectivity index (χ0) is 26.8. The molecule has 0 bridgehead atoms. The molecule has 2 aromatic carbocycles. The maximum absolute atomic E-state index is 13.3. The van der Waals surface area contributed by atoms with Crippen LogP contribution in [0.15, 0.2) is 36.5 Å². The molecule has 3 rings (SSSR count). The molecular formula is C28H37N5O3. The van der Waals surface area contributed by atoms with E-state index in [2.05, 4.69) is 47.8 Å². The van der Waals surface area contributed by atoms with Crippen molar-refractivity contribution in [2.45, 2.75) is 60.8 Å². The molecule has 0 saturated heterocycles. The molecule has 1 heterocycles. The van der Waals surface area contributed by atoms with Crippen LogP contribution in [0.2, 0.25) is 0 Å². The van der Waals surface area contributed by atoms with Crippen molar-refractivity contribution < 1.29 is 14.3 Å². The third-order valence-corrected chi connectivity index (χ3v) is 5.82. The third kappa shape index (κ3) is 6.30. The number of aromatic nitrogens is 3. The maximum atomic E-state index is 13.3. The number of carbonyl (C=O) groups excluding carboxylic acids is 2. The molecule has 0 aliphatic rings. The standard InChI is InChI=1S/C28H37N5O3/c1-17-10-11-19(13-23(17)33-15-22(31-32-33)26(35)29-16-27(3,4)5)25(34)30-21-14-20(28(6,7)8)12-18(2)24(21)36-9/h10-15H,16H2,1-9H3,(H,29,35)(H,30,34). The molecule has 2 N–H and O–H groups in total. The number of anilines is 1. The second-order valence-electron chi connectivity index (χ2n) is 11.4. The van der Waals surface area contributed by atoms with Gasteiger partial charge in [0.1, 0.15) is 5.75 Å². The van der Waals surface area contributed by atoms with E-state index in [1.54, 1.807) is 25.4 Å². The van der Waals surface area contributed by atoms with Crippen molar-refractivity contribution in [3.8, 4) is 11.4 Å². The van der Waals surface area contributed by atoms with Gasteiger partial charge >= 0.3 is 0 Å². The van der Waals surface area contributed by atoms with E-state index in [1.807, 2.05) is 46.8 Å². The first-order chi connectivity index (χ1) is 16.7. The molecule has 192 valence electrons. The number of carbonyl (C=O) groups is 2. The lowest BCUT2D eigenvalue weighted by molar-refractivity contribution is 0.0933. The number of methoxy groups -OCH3 is 1. The zero-order valence-corrected chi connectivity index (χ0v) is 22.7. The van der Waals surface area contributed by atoms with E-state index in [9.17, 15) is 9.59 Å². The number of hydrogen-bond donors (Lipinski definition) is 2. The van der Waals surface area contributed by atoms with E-state index in [-0.39, 0.29) is 28.3 Å². The SMILES string of the molecule is COc1c(C)cc(C(C)(C)C)cc1NC(=O)c1ccc(C)c(-n2cc(C(=O)NCC(C)(C)C)nn2)c1. The van der Waals surface area contributed by atoms with Crippen LogP contribution in [-0.2, 0) is 5.41 Å². The van der Waals surface area contributed by atoms with Gasteiger partial charge in [0.2, 0.25) is 0 Å². The lowest BCUT2D eigenvalue weighted by Crippen LogP contribution is -2.32. The molecule has 8 nitrogen and oxygen atoms in total. The summed E-state index contributed by atoms with van der Waals surface area (Å²) in [5, 5.41) is 14.0. The Balaban J connectivity index is 1.88. The van der Waals surface area contributed by atoms with Crippen molar-refractivity contribution in [1.82, 2.24) is 20.3 Å². The summed E-state index contributed by atoms with van der Waals surface area (Å²) in [6.07, 6.45) is 1.57. The van der Waals surface area contributed by atoms with Crippen LogP contribution in [0.1, 0.15) is 79.1 Å². The molecular weight excluding hydrogens is 454 g/mol. The van der Waals surface area contributed by atoms with Crippen LogP contribution in [-0.4, -0.2) is 40.5 Å². The van der Waals surface area contributed by atoms with Crippen LogP contribution >= 0.6 is 0 Å². The molecule has 1 aromatic heterocycles. The van der Waals surface area contributed by atoms with Crippen molar-refractivity contribution in [3.05, 3.63) is 64.5 Å². The first-order valence-corrected chi connectivity index (χ1v) is 12.0. The predicted octanol–water partition coefficient (Wildman–Crippen LogP) is 5.22. The van der Waals surface area contributed by atoms with Crippen LogP contribution in [0.5, 0.6) is 5.75 Å². The largest absolute Gasteiger partial charge is 0.494 e. The molecule has 2 amide bonds. The Hall–Kier alpha value is -3.68. The summed E-state index contributed by atoms with van der Waals surface area (Å²) in [6.45, 7) is 16.9. The number of aryl methyl sites for hydroxylation is 2. The summed E-state index contributed by atoms with van der Waals surface area (Å²) in [5.41, 5.74) is 4.75. The highest BCUT2D eigenvalue weighted by Crippen LogP contribution is 2.35. The van der Waals surface area contributed by atoms with Gasteiger partial charge in [-0.3, -0.25) is 9.59 Å². The van der Waals surface area contributed by atoms with Gasteiger partial charge in [-0.1, -0.05) is 58.9 Å². The summed E-state index contributed by atoms with van der Waals surface area (Å²) in [4.78, 5) is 25.7. The lowest BCUT2D eigenvalue weighted by Gasteiger charge is -2.23. The normalized spacial score (nSPS) is 11.8. The molecule has 0 atom stereocenters. The zero-order valence-electron chi connectivity index (χ0n) is 22.7. The van der Waals surface area contributed by atoms with Crippen LogP contribution in [0.25, 0.3) is 5.69 Å². The Kier molecular flexibility index (Phi) is 7.57. The lowest BCUT2D eigenvalue weighted by atomic mass is 9.85. The Morgan fingerprint density at radius 3 is 2.28 bits per heavy atom. The summed E-state index contributed by atoms with van der Waals surface area (Å²) < 4.78 is 7.10. The smallest absolute Gasteiger partial charge is 0.273 e. The van der Waals surface area contributed by atoms with Gasteiger partial charge in [-0.2, -0.15) is 0 Å². The molecule has 0 radical (unpaired) electrons. The number of rotatable bonds is 6. The van der Waals surface area contributed by atoms with Crippen molar-refractivity contribution in [2.24, 2.45) is 5.41 Å². The van der Waals surface area contributed by atoms with Gasteiger partial charge in [0.25, 0.3) is 11.8 Å². The molecule has 3 aromatic rings. The van der Waals surface area contributed by atoms with Gasteiger partial charge in [0.15, 0.2) is 5.69 Å². The van der Waals surface area contributed by atoms with Crippen molar-refractivity contribution >= 4 is 17.5 Å². The van der Waals surface area contributed by atoms with Crippen LogP contribution < -0.4 is 15.4 Å². The van der Waals surface area contributed by atoms with Crippen LogP contribution in [0.4, 0.5) is 5.69 Å². The minimum Gasteiger partial charge on any atom is -0.494 e. The molecule has 8 heteroatoms. The van der Waals surface area contributed by atoms with Crippen molar-refractivity contribution in [3.63, 3.8) is 0 Å². The Morgan fingerprint density at radius 2 is 1.67 bits per heavy atom. The Labute approximate surface area is 213 Å². The minimum atomic E-state index is -0.288. The van der Waals surface area contributed by atoms with E-state index in [4.69, 9.17) is 4.74 Å². The van der Waals surface area contributed by atoms with Crippen LogP contribution in [0.3, 0.4) is 0 Å². The fourth-order valence-electron chi connectivity index (χ4n) is 3.68. The Bertz CT molecular complexity index is 1280. The average molecular weight is 492 g/mol. The minimum absolute atomic E-state index is 0.0441. The van der Waals surface area contributed by atoms with Crippen molar-refractivity contribution in [1.29, 1.82) is 0 Å². The predicted molar refractivity (Wildman–Crippen MR) is 142 cm³/mol. The van der Waals surface area contributed by atoms with Crippen LogP contribution in [0, 0.1) is 19.3 Å². The molecule has 36 heavy (non-hydrogen) atoms. The number of nitrogens with one attached hydrogen (secondary N) is 2. The van der Waals surface area contributed by atoms with Gasteiger partial charge in [0, 0.05) is 12.1 Å². The van der Waals surface area contributed by atoms with Gasteiger partial charge in [0.05, 0.1) is 24.7 Å². The van der Waals surface area contributed by atoms with E-state index in [1.165, 1.54) is 4.68 Å². The van der Waals surface area contributed by atoms with Gasteiger partial charge < -0.3 is 15.4 Å². The number of amides is 2. The highest BCUT2D eigenvalue weighted by atomic mass is 16.5. The molecule has 0 saturated carbocycles. The molecule has 0 spiro atoms. The molecule has 0 fully saturated rings. The topological polar surface area (TPSA) is 98.1 Å². The molecule has 0 aliphatic carbocycles. The Morgan fingerprint density at radius 1 is 0.972 bits per heavy atom. The van der Waals surface area contributed by atoms with E-state index in [0.29, 0.717) is 29.2 Å². The average Bonchev–Trinajstić information content (AvgIpc) is 3.26. The third-order valence-electron chi connectivity index (χ3n) is 5.82. The second-order valence-corrected chi connectivity index (χ2v) is 11.4. The highest BCUT2D eigenvalue weighted by Gasteiger charge is 2.21. The maximum Gasteiger partial charge on any atom is 0.273 e. The highest BCUT2D eigenvalue weighted by molar-refractivity contribution is 6.05. The number of ether oxygens (including phenoxy) is 1. The van der Waals surface area contributed by atoms with Crippen molar-refractivity contribution in [2.75, 3.05) is 19.0 Å². The summed E-state index contributed by atoms with van der Waals surface area (Å²) in [5.74, 6) is 0.0676. The van der Waals surface area contributed by atoms with Gasteiger partial charge in [-0.25, -0.2) is 4.68 Å². The fourth-order valence-corrected chi connectivity index (χ4v) is 3.68. The van der Waals surface area contributed by atoms with E-state index in [0.717, 1.165) is 16.7 Å². The number of hydrogen-bond acceptors (Lipinski definition) is 5. The summed E-state index contributed by atoms with van der Waals surface area (Å²) in [6, 6.07) is 9.38. The number of benzene rings is 2. The number of nitrogens with zero attached hydrogens (tertiary/aromatic N) is 3. The fraction of sp³-hybridized carbons (Fsp3) is 0.429. The first-order valence-electron chi connectivity index (χ1n) is 12.0. The van der Waals surface area contributed by atoms with E-state index >= 15 is 0 Å². The van der Waals surface area contributed by atoms with Gasteiger partial charge in [-0.15, -0.1) is 5.10 Å². The molecule has 0 aliphatic heterocycles. The first kappa shape index (κ1) is 26.9. The van der Waals surface area contributed by atoms with Gasteiger partial charge in [-0.05, 0) is 59.6 Å². The van der Waals surface area contributed by atoms with E-state index < -0.39 is 0 Å². The molecule has 0 unspecified atom stereocenters. The quantitative estimate of drug-likeness (QED) is 0.493. The summed E-state index contributed by atoms with van der Waals surface area (Å²) >= 11 is 0. The monoisotopic (exact) mass is 491 g/mol. The summed E-state index contributed by atoms with van der Waals surface area (Å²) in [7, 11) is 1.60.